The molecular weight excluding hydrogens is 362 g/mol. The minimum atomic E-state index is -3.05. The Morgan fingerprint density at radius 3 is 2.70 bits per heavy atom. The van der Waals surface area contributed by atoms with Gasteiger partial charge in [0.2, 0.25) is 0 Å². The van der Waals surface area contributed by atoms with Crippen molar-refractivity contribution in [2.75, 3.05) is 23.4 Å². The molecule has 0 radical (unpaired) electrons. The molecule has 6 nitrogen and oxygen atoms in total. The molecule has 1 N–H and O–H groups in total. The molecule has 0 spiro atoms. The lowest BCUT2D eigenvalue weighted by Crippen LogP contribution is -2.41. The third-order valence-corrected chi connectivity index (χ3v) is 6.66. The van der Waals surface area contributed by atoms with Gasteiger partial charge in [0.25, 0.3) is 5.91 Å². The number of amides is 1. The van der Waals surface area contributed by atoms with E-state index in [4.69, 9.17) is 0 Å². The summed E-state index contributed by atoms with van der Waals surface area (Å²) in [5.41, 5.74) is 3.29. The van der Waals surface area contributed by atoms with Gasteiger partial charge >= 0.3 is 0 Å². The topological polar surface area (TPSA) is 79.4 Å². The molecule has 0 saturated carbocycles. The summed E-state index contributed by atoms with van der Waals surface area (Å²) in [6.45, 7) is 4.41. The number of hydrogen-bond donors (Lipinski definition) is 1. The van der Waals surface area contributed by atoms with Crippen LogP contribution in [0, 0.1) is 0 Å². The van der Waals surface area contributed by atoms with Crippen molar-refractivity contribution in [2.24, 2.45) is 0 Å². The van der Waals surface area contributed by atoms with Gasteiger partial charge in [0.05, 0.1) is 11.5 Å². The van der Waals surface area contributed by atoms with Gasteiger partial charge in [0.1, 0.15) is 5.69 Å². The number of aryl methyl sites for hydroxylation is 1. The van der Waals surface area contributed by atoms with Crippen molar-refractivity contribution in [3.63, 3.8) is 0 Å². The van der Waals surface area contributed by atoms with Crippen LogP contribution in [-0.4, -0.2) is 48.3 Å². The van der Waals surface area contributed by atoms with E-state index in [1.54, 1.807) is 17.2 Å². The molecule has 0 aliphatic carbocycles. The smallest absolute Gasteiger partial charge is 0.272 e. The van der Waals surface area contributed by atoms with Crippen LogP contribution < -0.4 is 5.32 Å². The maximum atomic E-state index is 12.9. The Morgan fingerprint density at radius 1 is 1.26 bits per heavy atom. The number of anilines is 2. The summed E-state index contributed by atoms with van der Waals surface area (Å²) in [5, 5.41) is 3.35. The molecule has 1 aromatic heterocycles. The first-order valence-electron chi connectivity index (χ1n) is 9.26. The lowest BCUT2D eigenvalue weighted by Gasteiger charge is -2.26. The zero-order valence-electron chi connectivity index (χ0n) is 15.7. The molecular formula is C20H25N3O3S. The van der Waals surface area contributed by atoms with E-state index >= 15 is 0 Å². The number of rotatable bonds is 6. The molecule has 1 fully saturated rings. The van der Waals surface area contributed by atoms with E-state index < -0.39 is 9.84 Å². The number of pyridine rings is 1. The standard InChI is InChI=1S/C20H25N3O3S/c1-3-15-7-5-6-8-18(15)22-16-9-11-21-19(13-16)20(24)23(4-2)17-10-12-27(25,26)14-17/h5-9,11,13,17H,3-4,10,12,14H2,1-2H3,(H,21,22). The SMILES string of the molecule is CCc1ccccc1Nc1ccnc(C(=O)N(CC)C2CCS(=O)(=O)C2)c1. The minimum Gasteiger partial charge on any atom is -0.355 e. The van der Waals surface area contributed by atoms with Crippen molar-refractivity contribution in [3.8, 4) is 0 Å². The Balaban J connectivity index is 1.81. The molecule has 1 amide bonds. The Labute approximate surface area is 160 Å². The quantitative estimate of drug-likeness (QED) is 0.824. The van der Waals surface area contributed by atoms with Crippen LogP contribution in [0.15, 0.2) is 42.6 Å². The molecule has 2 aromatic rings. The summed E-state index contributed by atoms with van der Waals surface area (Å²) in [6, 6.07) is 11.3. The number of hydrogen-bond acceptors (Lipinski definition) is 5. The number of sulfone groups is 1. The van der Waals surface area contributed by atoms with E-state index in [0.717, 1.165) is 17.8 Å². The lowest BCUT2D eigenvalue weighted by atomic mass is 10.1. The second-order valence-electron chi connectivity index (χ2n) is 6.71. The molecule has 1 atom stereocenters. The van der Waals surface area contributed by atoms with Gasteiger partial charge in [-0.05, 0) is 43.5 Å². The number of carbonyl (C=O) groups excluding carboxylic acids is 1. The predicted octanol–water partition coefficient (Wildman–Crippen LogP) is 3.04. The summed E-state index contributed by atoms with van der Waals surface area (Å²) in [6.07, 6.45) is 2.99. The monoisotopic (exact) mass is 387 g/mol. The second kappa shape index (κ2) is 8.08. The number of benzene rings is 1. The van der Waals surface area contributed by atoms with Gasteiger partial charge in [0.15, 0.2) is 9.84 Å². The van der Waals surface area contributed by atoms with E-state index in [1.807, 2.05) is 31.2 Å². The highest BCUT2D eigenvalue weighted by atomic mass is 32.2. The van der Waals surface area contributed by atoms with Crippen LogP contribution in [-0.2, 0) is 16.3 Å². The van der Waals surface area contributed by atoms with Gasteiger partial charge in [-0.3, -0.25) is 9.78 Å². The fraction of sp³-hybridized carbons (Fsp3) is 0.400. The number of aromatic nitrogens is 1. The average Bonchev–Trinajstić information content (AvgIpc) is 3.02. The second-order valence-corrected chi connectivity index (χ2v) is 8.94. The van der Waals surface area contributed by atoms with Crippen molar-refractivity contribution in [2.45, 2.75) is 32.7 Å². The fourth-order valence-electron chi connectivity index (χ4n) is 3.47. The highest BCUT2D eigenvalue weighted by Crippen LogP contribution is 2.23. The number of para-hydroxylation sites is 1. The van der Waals surface area contributed by atoms with E-state index in [2.05, 4.69) is 23.3 Å². The number of nitrogens with one attached hydrogen (secondary N) is 1. The first kappa shape index (κ1) is 19.4. The molecule has 1 unspecified atom stereocenters. The fourth-order valence-corrected chi connectivity index (χ4v) is 5.20. The van der Waals surface area contributed by atoms with E-state index in [0.29, 0.717) is 18.7 Å². The van der Waals surface area contributed by atoms with E-state index in [1.165, 1.54) is 5.56 Å². The van der Waals surface area contributed by atoms with Crippen molar-refractivity contribution >= 4 is 27.1 Å². The molecule has 1 saturated heterocycles. The zero-order valence-corrected chi connectivity index (χ0v) is 16.5. The Kier molecular flexibility index (Phi) is 5.79. The average molecular weight is 388 g/mol. The normalized spacial score (nSPS) is 18.2. The van der Waals surface area contributed by atoms with Crippen LogP contribution in [0.2, 0.25) is 0 Å². The van der Waals surface area contributed by atoms with Gasteiger partial charge in [-0.15, -0.1) is 0 Å². The van der Waals surface area contributed by atoms with Gasteiger partial charge < -0.3 is 10.2 Å². The molecule has 7 heteroatoms. The minimum absolute atomic E-state index is 0.0361. The van der Waals surface area contributed by atoms with Gasteiger partial charge in [-0.25, -0.2) is 8.42 Å². The summed E-state index contributed by atoms with van der Waals surface area (Å²) >= 11 is 0. The zero-order chi connectivity index (χ0) is 19.4. The van der Waals surface area contributed by atoms with Crippen molar-refractivity contribution < 1.29 is 13.2 Å². The van der Waals surface area contributed by atoms with Crippen molar-refractivity contribution in [3.05, 3.63) is 53.9 Å². The van der Waals surface area contributed by atoms with Crippen LogP contribution in [0.3, 0.4) is 0 Å². The van der Waals surface area contributed by atoms with Crippen LogP contribution in [0.1, 0.15) is 36.3 Å². The van der Waals surface area contributed by atoms with E-state index in [9.17, 15) is 13.2 Å². The Morgan fingerprint density at radius 2 is 2.04 bits per heavy atom. The molecule has 2 heterocycles. The molecule has 27 heavy (non-hydrogen) atoms. The van der Waals surface area contributed by atoms with Gasteiger partial charge in [-0.2, -0.15) is 0 Å². The first-order chi connectivity index (χ1) is 12.9. The van der Waals surface area contributed by atoms with Gasteiger partial charge in [0, 0.05) is 30.2 Å². The van der Waals surface area contributed by atoms with Crippen LogP contribution in [0.25, 0.3) is 0 Å². The van der Waals surface area contributed by atoms with Crippen LogP contribution in [0.5, 0.6) is 0 Å². The highest BCUT2D eigenvalue weighted by molar-refractivity contribution is 7.91. The molecule has 3 rings (SSSR count). The number of carbonyl (C=O) groups is 1. The molecule has 1 aliphatic rings. The predicted molar refractivity (Wildman–Crippen MR) is 107 cm³/mol. The maximum Gasteiger partial charge on any atom is 0.272 e. The largest absolute Gasteiger partial charge is 0.355 e. The molecule has 0 bridgehead atoms. The molecule has 144 valence electrons. The number of nitrogens with zero attached hydrogens (tertiary/aromatic N) is 2. The van der Waals surface area contributed by atoms with Crippen molar-refractivity contribution in [1.29, 1.82) is 0 Å². The molecule has 1 aromatic carbocycles. The van der Waals surface area contributed by atoms with E-state index in [-0.39, 0.29) is 23.5 Å². The van der Waals surface area contributed by atoms with Crippen LogP contribution >= 0.6 is 0 Å². The summed E-state index contributed by atoms with van der Waals surface area (Å²) in [4.78, 5) is 18.8. The summed E-state index contributed by atoms with van der Waals surface area (Å²) < 4.78 is 23.5. The van der Waals surface area contributed by atoms with Gasteiger partial charge in [-0.1, -0.05) is 25.1 Å². The Bertz CT molecular complexity index is 928. The molecule has 1 aliphatic heterocycles. The first-order valence-corrected chi connectivity index (χ1v) is 11.1. The third-order valence-electron chi connectivity index (χ3n) is 4.91. The summed E-state index contributed by atoms with van der Waals surface area (Å²) in [7, 11) is -3.05. The highest BCUT2D eigenvalue weighted by Gasteiger charge is 2.34. The maximum absolute atomic E-state index is 12.9. The Hall–Kier alpha value is -2.41. The van der Waals surface area contributed by atoms with Crippen LogP contribution in [0.4, 0.5) is 11.4 Å². The third kappa shape index (κ3) is 4.47. The van der Waals surface area contributed by atoms with Crippen molar-refractivity contribution in [1.82, 2.24) is 9.88 Å². The lowest BCUT2D eigenvalue weighted by molar-refractivity contribution is 0.0702. The summed E-state index contributed by atoms with van der Waals surface area (Å²) in [5.74, 6) is -0.0504.